The van der Waals surface area contributed by atoms with Gasteiger partial charge >= 0.3 is 5.97 Å². The molecule has 0 spiro atoms. The second-order valence-electron chi connectivity index (χ2n) is 6.00. The molecule has 0 aliphatic heterocycles. The van der Waals surface area contributed by atoms with Gasteiger partial charge in [0.1, 0.15) is 11.1 Å². The topological polar surface area (TPSA) is 99.4 Å². The Labute approximate surface area is 155 Å². The van der Waals surface area contributed by atoms with E-state index in [4.69, 9.17) is 4.74 Å². The molecule has 3 rings (SSSR count). The van der Waals surface area contributed by atoms with E-state index in [0.29, 0.717) is 16.1 Å². The van der Waals surface area contributed by atoms with Gasteiger partial charge in [0.2, 0.25) is 0 Å². The lowest BCUT2D eigenvalue weighted by molar-refractivity contribution is -0.156. The van der Waals surface area contributed by atoms with Gasteiger partial charge in [0, 0.05) is 4.88 Å². The van der Waals surface area contributed by atoms with E-state index in [2.05, 4.69) is 11.4 Å². The summed E-state index contributed by atoms with van der Waals surface area (Å²) in [6.07, 6.45) is 2.46. The van der Waals surface area contributed by atoms with Crippen LogP contribution in [0.2, 0.25) is 0 Å². The van der Waals surface area contributed by atoms with E-state index >= 15 is 0 Å². The molecule has 1 aliphatic carbocycles. The number of nitriles is 1. The summed E-state index contributed by atoms with van der Waals surface area (Å²) in [5.74, 6) is -1.42. The molecule has 0 bridgehead atoms. The van der Waals surface area contributed by atoms with E-state index in [1.807, 2.05) is 0 Å². The van der Waals surface area contributed by atoms with Gasteiger partial charge in [-0.1, -0.05) is 30.3 Å². The molecule has 134 valence electrons. The molecule has 2 aromatic rings. The van der Waals surface area contributed by atoms with E-state index in [-0.39, 0.29) is 0 Å². The number of aryl methyl sites for hydroxylation is 1. The Morgan fingerprint density at radius 1 is 1.27 bits per heavy atom. The number of carbonyl (C=O) groups is 2. The van der Waals surface area contributed by atoms with Crippen molar-refractivity contribution < 1.29 is 19.4 Å². The monoisotopic (exact) mass is 370 g/mol. The number of anilines is 1. The SMILES string of the molecule is N#Cc1c(NC(=O)COC(=O)[C@H](O)c2ccccc2)sc2c1CCCC2. The highest BCUT2D eigenvalue weighted by Gasteiger charge is 2.23. The van der Waals surface area contributed by atoms with Crippen molar-refractivity contribution in [2.24, 2.45) is 0 Å². The van der Waals surface area contributed by atoms with Crippen molar-refractivity contribution in [3.05, 3.63) is 51.9 Å². The van der Waals surface area contributed by atoms with Gasteiger partial charge < -0.3 is 15.2 Å². The molecule has 7 heteroatoms. The molecule has 0 unspecified atom stereocenters. The maximum Gasteiger partial charge on any atom is 0.340 e. The Kier molecular flexibility index (Phi) is 5.66. The Hall–Kier alpha value is -2.69. The molecular formula is C19H18N2O4S. The zero-order valence-electron chi connectivity index (χ0n) is 14.0. The second kappa shape index (κ2) is 8.13. The minimum atomic E-state index is -1.44. The van der Waals surface area contributed by atoms with Crippen LogP contribution in [0.25, 0.3) is 0 Å². The Morgan fingerprint density at radius 3 is 2.73 bits per heavy atom. The average Bonchev–Trinajstić information content (AvgIpc) is 3.03. The van der Waals surface area contributed by atoms with Crippen LogP contribution in [0.1, 0.15) is 40.5 Å². The standard InChI is InChI=1S/C19H18N2O4S/c20-10-14-13-8-4-5-9-15(13)26-18(14)21-16(22)11-25-19(24)17(23)12-6-2-1-3-7-12/h1-3,6-7,17,23H,4-5,8-9,11H2,(H,21,22)/t17-/m1/s1. The summed E-state index contributed by atoms with van der Waals surface area (Å²) in [5.41, 5.74) is 1.93. The fraction of sp³-hybridized carbons (Fsp3) is 0.316. The van der Waals surface area contributed by atoms with Crippen LogP contribution >= 0.6 is 11.3 Å². The summed E-state index contributed by atoms with van der Waals surface area (Å²) in [7, 11) is 0. The van der Waals surface area contributed by atoms with Crippen LogP contribution in [0.5, 0.6) is 0 Å². The van der Waals surface area contributed by atoms with E-state index in [1.165, 1.54) is 11.3 Å². The molecule has 1 atom stereocenters. The van der Waals surface area contributed by atoms with E-state index < -0.39 is 24.6 Å². The van der Waals surface area contributed by atoms with Crippen molar-refractivity contribution in [3.8, 4) is 6.07 Å². The predicted octanol–water partition coefficient (Wildman–Crippen LogP) is 2.71. The van der Waals surface area contributed by atoms with Crippen LogP contribution in [0.4, 0.5) is 5.00 Å². The largest absolute Gasteiger partial charge is 0.453 e. The van der Waals surface area contributed by atoms with Crippen molar-refractivity contribution in [2.45, 2.75) is 31.8 Å². The van der Waals surface area contributed by atoms with Crippen molar-refractivity contribution in [2.75, 3.05) is 11.9 Å². The zero-order chi connectivity index (χ0) is 18.5. The zero-order valence-corrected chi connectivity index (χ0v) is 14.8. The van der Waals surface area contributed by atoms with Crippen LogP contribution in [-0.4, -0.2) is 23.6 Å². The van der Waals surface area contributed by atoms with Gasteiger partial charge in [-0.3, -0.25) is 4.79 Å². The first kappa shape index (κ1) is 18.1. The fourth-order valence-electron chi connectivity index (χ4n) is 2.92. The van der Waals surface area contributed by atoms with Gasteiger partial charge in [-0.05, 0) is 36.8 Å². The van der Waals surface area contributed by atoms with Crippen molar-refractivity contribution >= 4 is 28.2 Å². The number of ether oxygens (including phenoxy) is 1. The molecule has 0 saturated heterocycles. The smallest absolute Gasteiger partial charge is 0.340 e. The molecule has 1 aromatic heterocycles. The Balaban J connectivity index is 1.59. The maximum atomic E-state index is 12.1. The fourth-order valence-corrected chi connectivity index (χ4v) is 4.18. The number of esters is 1. The number of fused-ring (bicyclic) bond motifs is 1. The number of rotatable bonds is 5. The number of carbonyl (C=O) groups excluding carboxylic acids is 2. The normalized spacial score (nSPS) is 14.0. The second-order valence-corrected chi connectivity index (χ2v) is 7.10. The maximum absolute atomic E-state index is 12.1. The summed E-state index contributed by atoms with van der Waals surface area (Å²) >= 11 is 1.41. The summed E-state index contributed by atoms with van der Waals surface area (Å²) in [6, 6.07) is 10.5. The van der Waals surface area contributed by atoms with Gasteiger partial charge in [0.05, 0.1) is 5.56 Å². The van der Waals surface area contributed by atoms with E-state index in [9.17, 15) is 20.0 Å². The molecule has 1 aliphatic rings. The minimum absolute atomic E-state index is 0.399. The number of hydrogen-bond donors (Lipinski definition) is 2. The summed E-state index contributed by atoms with van der Waals surface area (Å²) in [6.45, 7) is -0.518. The highest BCUT2D eigenvalue weighted by Crippen LogP contribution is 2.37. The molecule has 2 N–H and O–H groups in total. The summed E-state index contributed by atoms with van der Waals surface area (Å²) in [5, 5.41) is 22.5. The van der Waals surface area contributed by atoms with Crippen molar-refractivity contribution in [3.63, 3.8) is 0 Å². The quantitative estimate of drug-likeness (QED) is 0.789. The van der Waals surface area contributed by atoms with Gasteiger partial charge in [-0.15, -0.1) is 11.3 Å². The van der Waals surface area contributed by atoms with Gasteiger partial charge in [-0.2, -0.15) is 5.26 Å². The highest BCUT2D eigenvalue weighted by molar-refractivity contribution is 7.16. The van der Waals surface area contributed by atoms with Crippen molar-refractivity contribution in [1.29, 1.82) is 5.26 Å². The highest BCUT2D eigenvalue weighted by atomic mass is 32.1. The third kappa shape index (κ3) is 3.93. The number of nitrogens with zero attached hydrogens (tertiary/aromatic N) is 1. The number of aliphatic hydroxyl groups excluding tert-OH is 1. The lowest BCUT2D eigenvalue weighted by Gasteiger charge is -2.11. The summed E-state index contributed by atoms with van der Waals surface area (Å²) < 4.78 is 4.89. The van der Waals surface area contributed by atoms with Crippen LogP contribution in [-0.2, 0) is 27.2 Å². The van der Waals surface area contributed by atoms with Crippen LogP contribution in [0, 0.1) is 11.3 Å². The third-order valence-electron chi connectivity index (χ3n) is 4.22. The third-order valence-corrected chi connectivity index (χ3v) is 5.43. The minimum Gasteiger partial charge on any atom is -0.453 e. The van der Waals surface area contributed by atoms with Crippen LogP contribution in [0.3, 0.4) is 0 Å². The predicted molar refractivity (Wildman–Crippen MR) is 96.7 cm³/mol. The van der Waals surface area contributed by atoms with Crippen molar-refractivity contribution in [1.82, 2.24) is 0 Å². The van der Waals surface area contributed by atoms with Gasteiger partial charge in [-0.25, -0.2) is 4.79 Å². The van der Waals surface area contributed by atoms with Crippen LogP contribution in [0.15, 0.2) is 30.3 Å². The lowest BCUT2D eigenvalue weighted by atomic mass is 9.96. The molecule has 1 aromatic carbocycles. The first-order valence-electron chi connectivity index (χ1n) is 8.34. The van der Waals surface area contributed by atoms with Gasteiger partial charge in [0.15, 0.2) is 12.7 Å². The Morgan fingerprint density at radius 2 is 2.00 bits per heavy atom. The lowest BCUT2D eigenvalue weighted by Crippen LogP contribution is -2.23. The number of aliphatic hydroxyl groups is 1. The molecule has 1 heterocycles. The summed E-state index contributed by atoms with van der Waals surface area (Å²) in [4.78, 5) is 25.1. The number of nitrogens with one attached hydrogen (secondary N) is 1. The number of amides is 1. The van der Waals surface area contributed by atoms with Crippen LogP contribution < -0.4 is 5.32 Å². The number of benzene rings is 1. The number of hydrogen-bond acceptors (Lipinski definition) is 6. The van der Waals surface area contributed by atoms with E-state index in [0.717, 1.165) is 36.1 Å². The average molecular weight is 370 g/mol. The molecule has 6 nitrogen and oxygen atoms in total. The molecule has 0 saturated carbocycles. The molecule has 0 radical (unpaired) electrons. The van der Waals surface area contributed by atoms with E-state index in [1.54, 1.807) is 30.3 Å². The molecule has 26 heavy (non-hydrogen) atoms. The number of thiophene rings is 1. The Bertz CT molecular complexity index is 854. The first-order valence-corrected chi connectivity index (χ1v) is 9.16. The van der Waals surface area contributed by atoms with Gasteiger partial charge in [0.25, 0.3) is 5.91 Å². The molecular weight excluding hydrogens is 352 g/mol. The molecule has 0 fully saturated rings. The molecule has 1 amide bonds. The first-order chi connectivity index (χ1) is 12.6.